The van der Waals surface area contributed by atoms with Gasteiger partial charge in [0.25, 0.3) is 0 Å². The molecule has 1 fully saturated rings. The summed E-state index contributed by atoms with van der Waals surface area (Å²) in [5.41, 5.74) is 6.60. The molecule has 1 aromatic carbocycles. The summed E-state index contributed by atoms with van der Waals surface area (Å²) < 4.78 is 5.35. The van der Waals surface area contributed by atoms with Crippen molar-refractivity contribution < 1.29 is 9.53 Å². The minimum Gasteiger partial charge on any atom is -0.492 e. The third kappa shape index (κ3) is 4.01. The highest BCUT2D eigenvalue weighted by Gasteiger charge is 2.30. The first-order valence-electron chi connectivity index (χ1n) is 6.60. The zero-order valence-electron chi connectivity index (χ0n) is 11.4. The third-order valence-electron chi connectivity index (χ3n) is 3.41. The van der Waals surface area contributed by atoms with Gasteiger partial charge in [-0.1, -0.05) is 18.0 Å². The quantitative estimate of drug-likeness (QED) is 0.895. The predicted octanol–water partition coefficient (Wildman–Crippen LogP) is 3.23. The molecule has 1 aliphatic rings. The Morgan fingerprint density at radius 1 is 1.50 bits per heavy atom. The molecule has 0 radical (unpaired) electrons. The van der Waals surface area contributed by atoms with Gasteiger partial charge in [0.05, 0.1) is 17.5 Å². The van der Waals surface area contributed by atoms with Gasteiger partial charge in [0.1, 0.15) is 5.75 Å². The van der Waals surface area contributed by atoms with Crippen molar-refractivity contribution in [1.29, 1.82) is 0 Å². The van der Waals surface area contributed by atoms with Crippen molar-refractivity contribution in [2.45, 2.75) is 32.2 Å². The number of ether oxygens (including phenoxy) is 1. The van der Waals surface area contributed by atoms with E-state index in [1.165, 1.54) is 0 Å². The average Bonchev–Trinajstić information content (AvgIpc) is 2.79. The van der Waals surface area contributed by atoms with Crippen LogP contribution in [-0.2, 0) is 4.79 Å². The summed E-state index contributed by atoms with van der Waals surface area (Å²) in [4.78, 5) is 12.1. The van der Waals surface area contributed by atoms with Crippen molar-refractivity contribution in [3.05, 3.63) is 23.2 Å². The van der Waals surface area contributed by atoms with Crippen LogP contribution in [0, 0.1) is 5.92 Å². The van der Waals surface area contributed by atoms with Crippen LogP contribution in [-0.4, -0.2) is 18.6 Å². The number of anilines is 1. The standard InChI is InChI=1S/C14H19ClN2O2.ClH/c1-2-19-13-7-6-9(8-11(13)15)17-14(18)10-4-3-5-12(10)16;/h6-8,10,12H,2-5,16H2,1H3,(H,17,18);1H. The molecule has 112 valence electrons. The Balaban J connectivity index is 0.00000200. The molecule has 1 amide bonds. The van der Waals surface area contributed by atoms with Crippen LogP contribution in [0.4, 0.5) is 5.69 Å². The summed E-state index contributed by atoms with van der Waals surface area (Å²) in [5.74, 6) is 0.510. The van der Waals surface area contributed by atoms with Crippen molar-refractivity contribution in [1.82, 2.24) is 0 Å². The van der Waals surface area contributed by atoms with E-state index < -0.39 is 0 Å². The number of halogens is 2. The van der Waals surface area contributed by atoms with Crippen molar-refractivity contribution in [3.8, 4) is 5.75 Å². The number of amides is 1. The van der Waals surface area contributed by atoms with Crippen LogP contribution >= 0.6 is 24.0 Å². The Bertz CT molecular complexity index is 468. The summed E-state index contributed by atoms with van der Waals surface area (Å²) >= 11 is 6.08. The zero-order chi connectivity index (χ0) is 13.8. The van der Waals surface area contributed by atoms with E-state index in [4.69, 9.17) is 22.1 Å². The molecule has 2 rings (SSSR count). The molecule has 1 aromatic rings. The molecule has 0 saturated heterocycles. The number of hydrogen-bond acceptors (Lipinski definition) is 3. The summed E-state index contributed by atoms with van der Waals surface area (Å²) in [5, 5.41) is 3.36. The number of nitrogens with two attached hydrogens (primary N) is 1. The lowest BCUT2D eigenvalue weighted by Gasteiger charge is -2.15. The maximum atomic E-state index is 12.1. The first kappa shape index (κ1) is 17.1. The second kappa shape index (κ2) is 7.72. The van der Waals surface area contributed by atoms with Gasteiger partial charge in [-0.15, -0.1) is 12.4 Å². The Morgan fingerprint density at radius 2 is 2.25 bits per heavy atom. The average molecular weight is 319 g/mol. The number of rotatable bonds is 4. The molecule has 2 unspecified atom stereocenters. The van der Waals surface area contributed by atoms with Crippen molar-refractivity contribution >= 4 is 35.6 Å². The SMILES string of the molecule is CCOc1ccc(NC(=O)C2CCCC2N)cc1Cl.Cl. The molecule has 0 aromatic heterocycles. The van der Waals surface area contributed by atoms with Gasteiger partial charge < -0.3 is 15.8 Å². The highest BCUT2D eigenvalue weighted by atomic mass is 35.5. The van der Waals surface area contributed by atoms with E-state index in [9.17, 15) is 4.79 Å². The molecular formula is C14H20Cl2N2O2. The highest BCUT2D eigenvalue weighted by molar-refractivity contribution is 6.32. The lowest BCUT2D eigenvalue weighted by atomic mass is 10.0. The van der Waals surface area contributed by atoms with Crippen molar-refractivity contribution in [3.63, 3.8) is 0 Å². The fraction of sp³-hybridized carbons (Fsp3) is 0.500. The highest BCUT2D eigenvalue weighted by Crippen LogP contribution is 2.29. The largest absolute Gasteiger partial charge is 0.492 e. The zero-order valence-corrected chi connectivity index (χ0v) is 13.0. The Morgan fingerprint density at radius 3 is 2.80 bits per heavy atom. The van der Waals surface area contributed by atoms with Crippen LogP contribution in [0.15, 0.2) is 18.2 Å². The van der Waals surface area contributed by atoms with Crippen molar-refractivity contribution in [2.24, 2.45) is 11.7 Å². The first-order chi connectivity index (χ1) is 9.11. The Kier molecular flexibility index (Phi) is 6.59. The van der Waals surface area contributed by atoms with E-state index in [0.29, 0.717) is 23.1 Å². The second-order valence-electron chi connectivity index (χ2n) is 4.77. The molecule has 1 aliphatic carbocycles. The van der Waals surface area contributed by atoms with E-state index in [-0.39, 0.29) is 30.3 Å². The minimum atomic E-state index is -0.0923. The first-order valence-corrected chi connectivity index (χ1v) is 6.98. The van der Waals surface area contributed by atoms with Gasteiger partial charge in [-0.25, -0.2) is 0 Å². The number of carbonyl (C=O) groups is 1. The molecule has 0 heterocycles. The maximum Gasteiger partial charge on any atom is 0.229 e. The number of benzene rings is 1. The van der Waals surface area contributed by atoms with E-state index >= 15 is 0 Å². The molecule has 0 aliphatic heterocycles. The minimum absolute atomic E-state index is 0. The van der Waals surface area contributed by atoms with Gasteiger partial charge in [-0.2, -0.15) is 0 Å². The van der Waals surface area contributed by atoms with Gasteiger partial charge in [-0.05, 0) is 38.0 Å². The summed E-state index contributed by atoms with van der Waals surface area (Å²) in [6.45, 7) is 2.45. The fourth-order valence-electron chi connectivity index (χ4n) is 2.40. The smallest absolute Gasteiger partial charge is 0.229 e. The molecule has 3 N–H and O–H groups in total. The molecule has 1 saturated carbocycles. The van der Waals surface area contributed by atoms with Crippen LogP contribution < -0.4 is 15.8 Å². The van der Waals surface area contributed by atoms with Gasteiger partial charge >= 0.3 is 0 Å². The maximum absolute atomic E-state index is 12.1. The van der Waals surface area contributed by atoms with Gasteiger partial charge in [0, 0.05) is 11.7 Å². The van der Waals surface area contributed by atoms with Gasteiger partial charge in [0.15, 0.2) is 0 Å². The van der Waals surface area contributed by atoms with Crippen LogP contribution in [0.3, 0.4) is 0 Å². The lowest BCUT2D eigenvalue weighted by molar-refractivity contribution is -0.120. The molecule has 0 bridgehead atoms. The molecule has 0 spiro atoms. The normalized spacial score (nSPS) is 21.1. The summed E-state index contributed by atoms with van der Waals surface area (Å²) in [6.07, 6.45) is 2.79. The van der Waals surface area contributed by atoms with Crippen LogP contribution in [0.1, 0.15) is 26.2 Å². The van der Waals surface area contributed by atoms with Crippen LogP contribution in [0.5, 0.6) is 5.75 Å². The van der Waals surface area contributed by atoms with E-state index in [1.807, 2.05) is 6.92 Å². The molecule has 20 heavy (non-hydrogen) atoms. The molecule has 6 heteroatoms. The monoisotopic (exact) mass is 318 g/mol. The molecule has 4 nitrogen and oxygen atoms in total. The van der Waals surface area contributed by atoms with Crippen LogP contribution in [0.25, 0.3) is 0 Å². The Labute approximate surface area is 130 Å². The second-order valence-corrected chi connectivity index (χ2v) is 5.18. The summed E-state index contributed by atoms with van der Waals surface area (Å²) in [7, 11) is 0. The predicted molar refractivity (Wildman–Crippen MR) is 83.8 cm³/mol. The number of nitrogens with one attached hydrogen (secondary N) is 1. The van der Waals surface area contributed by atoms with Gasteiger partial charge in [-0.3, -0.25) is 4.79 Å². The lowest BCUT2D eigenvalue weighted by Crippen LogP contribution is -2.34. The molecular weight excluding hydrogens is 299 g/mol. The Hall–Kier alpha value is -0.970. The topological polar surface area (TPSA) is 64.3 Å². The summed E-state index contributed by atoms with van der Waals surface area (Å²) in [6, 6.07) is 5.22. The van der Waals surface area contributed by atoms with E-state index in [2.05, 4.69) is 5.32 Å². The third-order valence-corrected chi connectivity index (χ3v) is 3.70. The van der Waals surface area contributed by atoms with E-state index in [0.717, 1.165) is 19.3 Å². The van der Waals surface area contributed by atoms with Crippen LogP contribution in [0.2, 0.25) is 5.02 Å². The van der Waals surface area contributed by atoms with Crippen molar-refractivity contribution in [2.75, 3.05) is 11.9 Å². The van der Waals surface area contributed by atoms with E-state index in [1.54, 1.807) is 18.2 Å². The van der Waals surface area contributed by atoms with Gasteiger partial charge in [0.2, 0.25) is 5.91 Å². The molecule has 2 atom stereocenters. The fourth-order valence-corrected chi connectivity index (χ4v) is 2.64. The number of hydrogen-bond donors (Lipinski definition) is 2. The number of carbonyl (C=O) groups excluding carboxylic acids is 1.